The van der Waals surface area contributed by atoms with E-state index in [4.69, 9.17) is 0 Å². The highest BCUT2D eigenvalue weighted by Gasteiger charge is 2.25. The molecule has 0 aromatic heterocycles. The molecule has 1 aromatic rings. The van der Waals surface area contributed by atoms with Crippen molar-refractivity contribution in [3.8, 4) is 0 Å². The zero-order valence-electron chi connectivity index (χ0n) is 16.8. The molecule has 1 atom stereocenters. The minimum Gasteiger partial charge on any atom is -0.480 e. The summed E-state index contributed by atoms with van der Waals surface area (Å²) in [5.41, 5.74) is -0.475. The molecular weight excluding hydrogens is 368 g/mol. The van der Waals surface area contributed by atoms with Crippen LogP contribution in [0.5, 0.6) is 0 Å². The highest BCUT2D eigenvalue weighted by molar-refractivity contribution is 7.89. The van der Waals surface area contributed by atoms with E-state index in [0.717, 1.165) is 0 Å². The molecule has 0 aliphatic rings. The van der Waals surface area contributed by atoms with Gasteiger partial charge in [-0.2, -0.15) is 0 Å². The predicted molar refractivity (Wildman–Crippen MR) is 104 cm³/mol. The molecule has 0 aliphatic carbocycles. The first-order valence-electron chi connectivity index (χ1n) is 8.78. The number of carbonyl (C=O) groups is 2. The summed E-state index contributed by atoms with van der Waals surface area (Å²) in [4.78, 5) is 23.8. The number of carbonyl (C=O) groups excluding carboxylic acids is 1. The van der Waals surface area contributed by atoms with Gasteiger partial charge in [0.05, 0.1) is 4.90 Å². The van der Waals surface area contributed by atoms with Crippen LogP contribution in [0.3, 0.4) is 0 Å². The number of hydrogen-bond acceptors (Lipinski definition) is 4. The summed E-state index contributed by atoms with van der Waals surface area (Å²) in [6.45, 7) is 11.2. The molecular formula is C19H30N2O5S. The summed E-state index contributed by atoms with van der Waals surface area (Å²) >= 11 is 0. The minimum absolute atomic E-state index is 0.0384. The molecule has 0 aliphatic heterocycles. The average Bonchev–Trinajstić information content (AvgIpc) is 2.47. The third-order valence-corrected chi connectivity index (χ3v) is 5.43. The Labute approximate surface area is 161 Å². The second-order valence-corrected chi connectivity index (χ2v) is 10.5. The van der Waals surface area contributed by atoms with Crippen LogP contribution in [-0.4, -0.2) is 37.0 Å². The molecule has 0 heterocycles. The van der Waals surface area contributed by atoms with Crippen molar-refractivity contribution in [2.45, 2.75) is 70.9 Å². The molecule has 0 radical (unpaired) electrons. The summed E-state index contributed by atoms with van der Waals surface area (Å²) in [5.74, 6) is -1.65. The zero-order valence-corrected chi connectivity index (χ0v) is 17.6. The maximum Gasteiger partial charge on any atom is 0.326 e. The van der Waals surface area contributed by atoms with Crippen molar-refractivity contribution in [1.82, 2.24) is 10.0 Å². The molecule has 8 heteroatoms. The van der Waals surface area contributed by atoms with Crippen LogP contribution >= 0.6 is 0 Å². The number of carboxylic acids is 1. The number of sulfonamides is 1. The highest BCUT2D eigenvalue weighted by Crippen LogP contribution is 2.22. The third-order valence-electron chi connectivity index (χ3n) is 3.65. The Kier molecular flexibility index (Phi) is 7.18. The van der Waals surface area contributed by atoms with E-state index in [1.165, 1.54) is 24.3 Å². The lowest BCUT2D eigenvalue weighted by Gasteiger charge is -2.22. The van der Waals surface area contributed by atoms with E-state index < -0.39 is 33.5 Å². The van der Waals surface area contributed by atoms with Crippen LogP contribution in [0.15, 0.2) is 29.2 Å². The molecule has 0 spiro atoms. The van der Waals surface area contributed by atoms with Gasteiger partial charge in [-0.3, -0.25) is 4.79 Å². The van der Waals surface area contributed by atoms with Crippen molar-refractivity contribution in [3.05, 3.63) is 29.8 Å². The first-order valence-corrected chi connectivity index (χ1v) is 10.3. The number of hydrogen-bond donors (Lipinski definition) is 3. The van der Waals surface area contributed by atoms with Gasteiger partial charge < -0.3 is 10.4 Å². The van der Waals surface area contributed by atoms with Gasteiger partial charge in [0.2, 0.25) is 10.0 Å². The third kappa shape index (κ3) is 8.09. The van der Waals surface area contributed by atoms with Crippen LogP contribution in [0.25, 0.3) is 0 Å². The van der Waals surface area contributed by atoms with Crippen LogP contribution in [-0.2, 0) is 14.8 Å². The second-order valence-electron chi connectivity index (χ2n) is 8.84. The van der Waals surface area contributed by atoms with E-state index in [0.29, 0.717) is 12.8 Å². The Bertz CT molecular complexity index is 772. The Hall–Kier alpha value is -1.93. The van der Waals surface area contributed by atoms with Crippen molar-refractivity contribution in [3.63, 3.8) is 0 Å². The van der Waals surface area contributed by atoms with E-state index >= 15 is 0 Å². The van der Waals surface area contributed by atoms with Gasteiger partial charge >= 0.3 is 5.97 Å². The van der Waals surface area contributed by atoms with Gasteiger partial charge in [0, 0.05) is 11.1 Å². The Balaban J connectivity index is 2.88. The number of aliphatic carboxylic acids is 1. The first-order chi connectivity index (χ1) is 12.1. The lowest BCUT2D eigenvalue weighted by atomic mass is 9.88. The van der Waals surface area contributed by atoms with Crippen LogP contribution < -0.4 is 10.0 Å². The van der Waals surface area contributed by atoms with Gasteiger partial charge in [0.15, 0.2) is 0 Å². The fraction of sp³-hybridized carbons (Fsp3) is 0.579. The molecule has 0 fully saturated rings. The van der Waals surface area contributed by atoms with E-state index in [1.807, 2.05) is 20.8 Å². The molecule has 0 bridgehead atoms. The average molecular weight is 399 g/mol. The Morgan fingerprint density at radius 1 is 1.04 bits per heavy atom. The number of amides is 1. The largest absolute Gasteiger partial charge is 0.480 e. The van der Waals surface area contributed by atoms with E-state index in [-0.39, 0.29) is 15.9 Å². The standard InChI is InChI=1S/C19H30N2O5S/c1-18(2,3)12-11-15(17(23)24)20-16(22)13-7-9-14(10-8-13)27(25,26)21-19(4,5)6/h7-10,15,21H,11-12H2,1-6H3,(H,20,22)(H,23,24). The molecule has 1 aromatic carbocycles. The number of rotatable bonds is 7. The molecule has 3 N–H and O–H groups in total. The number of benzene rings is 1. The SMILES string of the molecule is CC(C)(C)CCC(NC(=O)c1ccc(S(=O)(=O)NC(C)(C)C)cc1)C(=O)O. The molecule has 1 unspecified atom stereocenters. The Morgan fingerprint density at radius 3 is 1.96 bits per heavy atom. The molecule has 152 valence electrons. The monoisotopic (exact) mass is 398 g/mol. The molecule has 27 heavy (non-hydrogen) atoms. The maximum atomic E-state index is 12.3. The quantitative estimate of drug-likeness (QED) is 0.654. The van der Waals surface area contributed by atoms with Gasteiger partial charge in [-0.15, -0.1) is 0 Å². The fourth-order valence-corrected chi connectivity index (χ4v) is 3.74. The van der Waals surface area contributed by atoms with Crippen molar-refractivity contribution in [1.29, 1.82) is 0 Å². The predicted octanol–water partition coefficient (Wildman–Crippen LogP) is 2.77. The smallest absolute Gasteiger partial charge is 0.326 e. The maximum absolute atomic E-state index is 12.3. The summed E-state index contributed by atoms with van der Waals surface area (Å²) in [6.07, 6.45) is 0.951. The fourth-order valence-electron chi connectivity index (χ4n) is 2.32. The zero-order chi connectivity index (χ0) is 21.0. The molecule has 1 rings (SSSR count). The van der Waals surface area contributed by atoms with Gasteiger partial charge in [0.25, 0.3) is 5.91 Å². The summed E-state index contributed by atoms with van der Waals surface area (Å²) in [6, 6.07) is 4.40. The number of carboxylic acid groups (broad SMARTS) is 1. The van der Waals surface area contributed by atoms with Crippen molar-refractivity contribution in [2.24, 2.45) is 5.41 Å². The van der Waals surface area contributed by atoms with Gasteiger partial charge in [-0.1, -0.05) is 20.8 Å². The molecule has 7 nitrogen and oxygen atoms in total. The second kappa shape index (κ2) is 8.39. The minimum atomic E-state index is -3.70. The van der Waals surface area contributed by atoms with Gasteiger partial charge in [-0.25, -0.2) is 17.9 Å². The summed E-state index contributed by atoms with van der Waals surface area (Å²) < 4.78 is 27.1. The highest BCUT2D eigenvalue weighted by atomic mass is 32.2. The van der Waals surface area contributed by atoms with Crippen LogP contribution in [0.1, 0.15) is 64.7 Å². The summed E-state index contributed by atoms with van der Waals surface area (Å²) in [5, 5.41) is 11.8. The van der Waals surface area contributed by atoms with Gasteiger partial charge in [-0.05, 0) is 63.3 Å². The van der Waals surface area contributed by atoms with Crippen LogP contribution in [0, 0.1) is 5.41 Å². The molecule has 0 saturated carbocycles. The van der Waals surface area contributed by atoms with Gasteiger partial charge in [0.1, 0.15) is 6.04 Å². The normalized spacial score (nSPS) is 13.9. The van der Waals surface area contributed by atoms with Crippen LogP contribution in [0.4, 0.5) is 0 Å². The molecule has 1 amide bonds. The lowest BCUT2D eigenvalue weighted by Crippen LogP contribution is -2.41. The van der Waals surface area contributed by atoms with E-state index in [1.54, 1.807) is 20.8 Å². The topological polar surface area (TPSA) is 113 Å². The van der Waals surface area contributed by atoms with Crippen molar-refractivity contribution >= 4 is 21.9 Å². The van der Waals surface area contributed by atoms with Crippen LogP contribution in [0.2, 0.25) is 0 Å². The van der Waals surface area contributed by atoms with Crippen molar-refractivity contribution in [2.75, 3.05) is 0 Å². The number of nitrogens with one attached hydrogen (secondary N) is 2. The van der Waals surface area contributed by atoms with Crippen molar-refractivity contribution < 1.29 is 23.1 Å². The van der Waals surface area contributed by atoms with E-state index in [9.17, 15) is 23.1 Å². The van der Waals surface area contributed by atoms with E-state index in [2.05, 4.69) is 10.0 Å². The Morgan fingerprint density at radius 2 is 1.56 bits per heavy atom. The summed E-state index contributed by atoms with van der Waals surface area (Å²) in [7, 11) is -3.70. The molecule has 0 saturated heterocycles. The lowest BCUT2D eigenvalue weighted by molar-refractivity contribution is -0.139. The first kappa shape index (κ1) is 23.1.